The minimum absolute atomic E-state index is 0.634. The van der Waals surface area contributed by atoms with Crippen molar-refractivity contribution in [2.75, 3.05) is 11.9 Å². The Kier molecular flexibility index (Phi) is 4.14. The van der Waals surface area contributed by atoms with Crippen LogP contribution in [0.25, 0.3) is 0 Å². The lowest BCUT2D eigenvalue weighted by Crippen LogP contribution is -1.98. The van der Waals surface area contributed by atoms with Crippen LogP contribution in [0.5, 0.6) is 0 Å². The van der Waals surface area contributed by atoms with E-state index in [-0.39, 0.29) is 0 Å². The Morgan fingerprint density at radius 1 is 1.54 bits per heavy atom. The van der Waals surface area contributed by atoms with E-state index < -0.39 is 0 Å². The first-order valence-electron chi connectivity index (χ1n) is 3.82. The van der Waals surface area contributed by atoms with Crippen molar-refractivity contribution in [3.05, 3.63) is 27.7 Å². The summed E-state index contributed by atoms with van der Waals surface area (Å²) in [6.45, 7) is 2.45. The van der Waals surface area contributed by atoms with E-state index in [1.807, 2.05) is 25.1 Å². The molecule has 1 aromatic carbocycles. The fraction of sp³-hybridized carbons (Fsp3) is 0.200. The molecule has 0 aliphatic rings. The first-order valence-corrected chi connectivity index (χ1v) is 4.99. The van der Waals surface area contributed by atoms with Crippen molar-refractivity contribution in [1.82, 2.24) is 0 Å². The van der Waals surface area contributed by atoms with Gasteiger partial charge >= 0.3 is 0 Å². The second-order valence-electron chi connectivity index (χ2n) is 2.40. The summed E-state index contributed by atoms with van der Waals surface area (Å²) in [5, 5.41) is 3.87. The number of hydrogen-bond donors (Lipinski definition) is 1. The highest BCUT2D eigenvalue weighted by atomic mass is 79.9. The van der Waals surface area contributed by atoms with E-state index in [1.54, 1.807) is 0 Å². The van der Waals surface area contributed by atoms with Gasteiger partial charge in [0.1, 0.15) is 0 Å². The lowest BCUT2D eigenvalue weighted by atomic mass is 10.3. The molecule has 0 unspecified atom stereocenters. The van der Waals surface area contributed by atoms with Crippen LogP contribution in [0.4, 0.5) is 5.69 Å². The minimum atomic E-state index is 0.634. The summed E-state index contributed by atoms with van der Waals surface area (Å²) in [5.74, 6) is 5.73. The van der Waals surface area contributed by atoms with E-state index in [0.29, 0.717) is 6.54 Å². The highest BCUT2D eigenvalue weighted by Gasteiger charge is 1.98. The third kappa shape index (κ3) is 3.30. The number of hydrogen-bond acceptors (Lipinski definition) is 1. The molecule has 0 amide bonds. The summed E-state index contributed by atoms with van der Waals surface area (Å²) in [4.78, 5) is 0. The Morgan fingerprint density at radius 3 is 3.00 bits per heavy atom. The molecule has 1 aromatic rings. The van der Waals surface area contributed by atoms with Crippen LogP contribution < -0.4 is 5.32 Å². The van der Waals surface area contributed by atoms with E-state index >= 15 is 0 Å². The van der Waals surface area contributed by atoms with E-state index in [0.717, 1.165) is 15.2 Å². The number of nitrogens with one attached hydrogen (secondary N) is 1. The van der Waals surface area contributed by atoms with Gasteiger partial charge in [0.05, 0.1) is 12.2 Å². The fourth-order valence-corrected chi connectivity index (χ4v) is 1.42. The Balaban J connectivity index is 2.73. The van der Waals surface area contributed by atoms with Gasteiger partial charge in [0, 0.05) is 9.50 Å². The maximum Gasteiger partial charge on any atom is 0.0766 e. The molecular weight excluding hydrogens is 249 g/mol. The Bertz CT molecular complexity index is 352. The molecule has 0 bridgehead atoms. The predicted octanol–water partition coefficient (Wildman–Crippen LogP) is 3.54. The van der Waals surface area contributed by atoms with Gasteiger partial charge in [-0.05, 0) is 41.1 Å². The molecule has 0 radical (unpaired) electrons. The van der Waals surface area contributed by atoms with Gasteiger partial charge in [-0.15, -0.1) is 5.92 Å². The lowest BCUT2D eigenvalue weighted by molar-refractivity contribution is 1.36. The summed E-state index contributed by atoms with van der Waals surface area (Å²) in [6.07, 6.45) is 0. The highest BCUT2D eigenvalue weighted by Crippen LogP contribution is 2.25. The lowest BCUT2D eigenvalue weighted by Gasteiger charge is -2.05. The van der Waals surface area contributed by atoms with Crippen LogP contribution in [-0.2, 0) is 0 Å². The number of benzene rings is 1. The molecule has 68 valence electrons. The standard InChI is InChI=1S/C10H9BrClN/c1-2-3-6-13-10-7-8(12)4-5-9(10)11/h4-5,7,13H,6H2,1H3. The molecule has 0 aliphatic carbocycles. The quantitative estimate of drug-likeness (QED) is 0.800. The van der Waals surface area contributed by atoms with Crippen LogP contribution >= 0.6 is 27.5 Å². The molecule has 1 rings (SSSR count). The normalized spacial score (nSPS) is 8.85. The first kappa shape index (κ1) is 10.4. The first-order chi connectivity index (χ1) is 6.24. The van der Waals surface area contributed by atoms with Crippen molar-refractivity contribution in [3.63, 3.8) is 0 Å². The van der Waals surface area contributed by atoms with Crippen LogP contribution in [0.1, 0.15) is 6.92 Å². The SMILES string of the molecule is CC#CCNc1cc(Cl)ccc1Br. The van der Waals surface area contributed by atoms with Crippen LogP contribution in [0.2, 0.25) is 5.02 Å². The molecule has 13 heavy (non-hydrogen) atoms. The van der Waals surface area contributed by atoms with Crippen molar-refractivity contribution >= 4 is 33.2 Å². The van der Waals surface area contributed by atoms with Gasteiger partial charge in [0.15, 0.2) is 0 Å². The number of rotatable bonds is 2. The van der Waals surface area contributed by atoms with E-state index in [2.05, 4.69) is 33.1 Å². The molecule has 1 nitrogen and oxygen atoms in total. The largest absolute Gasteiger partial charge is 0.373 e. The zero-order chi connectivity index (χ0) is 9.68. The van der Waals surface area contributed by atoms with Crippen molar-refractivity contribution in [1.29, 1.82) is 0 Å². The Morgan fingerprint density at radius 2 is 2.31 bits per heavy atom. The molecule has 0 saturated carbocycles. The molecule has 0 aliphatic heterocycles. The second-order valence-corrected chi connectivity index (χ2v) is 3.70. The van der Waals surface area contributed by atoms with E-state index in [9.17, 15) is 0 Å². The van der Waals surface area contributed by atoms with Gasteiger partial charge in [-0.25, -0.2) is 0 Å². The maximum atomic E-state index is 5.83. The molecule has 0 atom stereocenters. The maximum absolute atomic E-state index is 5.83. The smallest absolute Gasteiger partial charge is 0.0766 e. The predicted molar refractivity (Wildman–Crippen MR) is 61.1 cm³/mol. The van der Waals surface area contributed by atoms with Crippen molar-refractivity contribution in [3.8, 4) is 11.8 Å². The third-order valence-corrected chi connectivity index (χ3v) is 2.40. The second kappa shape index (κ2) is 5.16. The van der Waals surface area contributed by atoms with Gasteiger partial charge in [-0.3, -0.25) is 0 Å². The van der Waals surface area contributed by atoms with Gasteiger partial charge in [-0.1, -0.05) is 17.5 Å². The van der Waals surface area contributed by atoms with Crippen molar-refractivity contribution in [2.24, 2.45) is 0 Å². The molecule has 0 aromatic heterocycles. The van der Waals surface area contributed by atoms with Crippen LogP contribution in [-0.4, -0.2) is 6.54 Å². The van der Waals surface area contributed by atoms with Crippen molar-refractivity contribution < 1.29 is 0 Å². The van der Waals surface area contributed by atoms with Crippen LogP contribution in [0.3, 0.4) is 0 Å². The molecular formula is C10H9BrClN. The summed E-state index contributed by atoms with van der Waals surface area (Å²) in [5.41, 5.74) is 0.968. The Labute approximate surface area is 91.6 Å². The van der Waals surface area contributed by atoms with Gasteiger partial charge < -0.3 is 5.32 Å². The molecule has 3 heteroatoms. The number of anilines is 1. The molecule has 1 N–H and O–H groups in total. The van der Waals surface area contributed by atoms with Crippen LogP contribution in [0, 0.1) is 11.8 Å². The summed E-state index contributed by atoms with van der Waals surface area (Å²) >= 11 is 9.25. The zero-order valence-corrected chi connectivity index (χ0v) is 9.54. The van der Waals surface area contributed by atoms with Gasteiger partial charge in [0.2, 0.25) is 0 Å². The highest BCUT2D eigenvalue weighted by molar-refractivity contribution is 9.10. The average Bonchev–Trinajstić information content (AvgIpc) is 2.11. The van der Waals surface area contributed by atoms with Crippen LogP contribution in [0.15, 0.2) is 22.7 Å². The number of halogens is 2. The Hall–Kier alpha value is -0.650. The van der Waals surface area contributed by atoms with Gasteiger partial charge in [-0.2, -0.15) is 0 Å². The molecule has 0 spiro atoms. The summed E-state index contributed by atoms with van der Waals surface area (Å²) < 4.78 is 0.995. The van der Waals surface area contributed by atoms with E-state index in [4.69, 9.17) is 11.6 Å². The average molecular weight is 259 g/mol. The molecule has 0 fully saturated rings. The summed E-state index contributed by atoms with van der Waals surface area (Å²) in [6, 6.07) is 5.61. The van der Waals surface area contributed by atoms with E-state index in [1.165, 1.54) is 0 Å². The van der Waals surface area contributed by atoms with Gasteiger partial charge in [0.25, 0.3) is 0 Å². The topological polar surface area (TPSA) is 12.0 Å². The van der Waals surface area contributed by atoms with Crippen molar-refractivity contribution in [2.45, 2.75) is 6.92 Å². The monoisotopic (exact) mass is 257 g/mol. The minimum Gasteiger partial charge on any atom is -0.373 e. The molecule has 0 saturated heterocycles. The summed E-state index contributed by atoms with van der Waals surface area (Å²) in [7, 11) is 0. The third-order valence-electron chi connectivity index (χ3n) is 1.47. The zero-order valence-electron chi connectivity index (χ0n) is 7.20. The molecule has 0 heterocycles. The fourth-order valence-electron chi connectivity index (χ4n) is 0.861.